The number of anilines is 1. The zero-order valence-corrected chi connectivity index (χ0v) is 13.3. The van der Waals surface area contributed by atoms with E-state index in [0.29, 0.717) is 12.3 Å². The summed E-state index contributed by atoms with van der Waals surface area (Å²) in [5, 5.41) is 0. The third-order valence-corrected chi connectivity index (χ3v) is 4.27. The predicted octanol–water partition coefficient (Wildman–Crippen LogP) is 2.56. The fourth-order valence-corrected chi connectivity index (χ4v) is 3.01. The second-order valence-electron chi connectivity index (χ2n) is 5.36. The number of esters is 1. The Bertz CT molecular complexity index is 450. The first kappa shape index (κ1) is 15.3. The Hall–Kier alpha value is -1.07. The van der Waals surface area contributed by atoms with Gasteiger partial charge in [-0.15, -0.1) is 0 Å². The minimum Gasteiger partial charge on any atom is -0.469 e. The highest BCUT2D eigenvalue weighted by molar-refractivity contribution is 9.10. The summed E-state index contributed by atoms with van der Waals surface area (Å²) in [6, 6.07) is 8.44. The van der Waals surface area contributed by atoms with Gasteiger partial charge in [-0.05, 0) is 43.0 Å². The van der Waals surface area contributed by atoms with E-state index in [4.69, 9.17) is 10.5 Å². The van der Waals surface area contributed by atoms with Crippen molar-refractivity contribution in [2.24, 2.45) is 11.7 Å². The molecule has 1 heterocycles. The van der Waals surface area contributed by atoms with Crippen LogP contribution in [0.2, 0.25) is 0 Å². The fraction of sp³-hybridized carbons (Fsp3) is 0.533. The molecule has 5 heteroatoms. The number of halogens is 1. The van der Waals surface area contributed by atoms with Crippen LogP contribution in [0.3, 0.4) is 0 Å². The van der Waals surface area contributed by atoms with Crippen molar-refractivity contribution in [1.29, 1.82) is 0 Å². The number of nitrogens with zero attached hydrogens (tertiary/aromatic N) is 1. The van der Waals surface area contributed by atoms with Crippen LogP contribution in [0, 0.1) is 5.92 Å². The second-order valence-corrected chi connectivity index (χ2v) is 6.27. The number of benzene rings is 1. The molecule has 110 valence electrons. The molecule has 1 aliphatic rings. The van der Waals surface area contributed by atoms with E-state index in [9.17, 15) is 4.79 Å². The highest BCUT2D eigenvalue weighted by Gasteiger charge is 2.25. The molecule has 2 rings (SSSR count). The van der Waals surface area contributed by atoms with Gasteiger partial charge in [-0.3, -0.25) is 4.79 Å². The maximum absolute atomic E-state index is 11.3. The van der Waals surface area contributed by atoms with Crippen LogP contribution < -0.4 is 10.6 Å². The number of hydrogen-bond acceptors (Lipinski definition) is 4. The van der Waals surface area contributed by atoms with Crippen molar-refractivity contribution in [2.75, 3.05) is 25.1 Å². The number of carbonyl (C=O) groups excluding carboxylic acids is 1. The second kappa shape index (κ2) is 7.09. The number of methoxy groups -OCH3 is 1. The molecule has 0 bridgehead atoms. The summed E-state index contributed by atoms with van der Waals surface area (Å²) >= 11 is 3.45. The lowest BCUT2D eigenvalue weighted by Gasteiger charge is -2.37. The van der Waals surface area contributed by atoms with Crippen LogP contribution in [0.25, 0.3) is 0 Å². The van der Waals surface area contributed by atoms with E-state index in [2.05, 4.69) is 33.0 Å². The number of rotatable bonds is 4. The van der Waals surface area contributed by atoms with Gasteiger partial charge in [-0.1, -0.05) is 15.9 Å². The van der Waals surface area contributed by atoms with Crippen molar-refractivity contribution in [3.63, 3.8) is 0 Å². The molecule has 2 unspecified atom stereocenters. The lowest BCUT2D eigenvalue weighted by Crippen LogP contribution is -2.47. The standard InChI is InChI=1S/C15H21BrN2O2/c1-20-15(19)7-2-11-8-13(17)10-18(9-11)14-5-3-12(16)4-6-14/h3-6,11,13H,2,7-10,17H2,1H3. The molecule has 20 heavy (non-hydrogen) atoms. The molecule has 2 N–H and O–H groups in total. The Morgan fingerprint density at radius 2 is 2.10 bits per heavy atom. The van der Waals surface area contributed by atoms with E-state index in [0.717, 1.165) is 30.4 Å². The summed E-state index contributed by atoms with van der Waals surface area (Å²) in [7, 11) is 1.43. The van der Waals surface area contributed by atoms with Crippen molar-refractivity contribution >= 4 is 27.6 Å². The molecule has 0 aliphatic carbocycles. The van der Waals surface area contributed by atoms with Gasteiger partial charge in [0.15, 0.2) is 0 Å². The lowest BCUT2D eigenvalue weighted by atomic mass is 9.90. The van der Waals surface area contributed by atoms with E-state index < -0.39 is 0 Å². The van der Waals surface area contributed by atoms with Gasteiger partial charge in [-0.2, -0.15) is 0 Å². The Kier molecular flexibility index (Phi) is 5.43. The molecule has 4 nitrogen and oxygen atoms in total. The van der Waals surface area contributed by atoms with Gasteiger partial charge < -0.3 is 15.4 Å². The summed E-state index contributed by atoms with van der Waals surface area (Å²) in [6.07, 6.45) is 2.29. The summed E-state index contributed by atoms with van der Waals surface area (Å²) in [6.45, 7) is 1.82. The summed E-state index contributed by atoms with van der Waals surface area (Å²) in [5.74, 6) is 0.306. The zero-order valence-electron chi connectivity index (χ0n) is 11.7. The minimum atomic E-state index is -0.140. The minimum absolute atomic E-state index is 0.140. The molecule has 1 aromatic rings. The van der Waals surface area contributed by atoms with E-state index >= 15 is 0 Å². The Morgan fingerprint density at radius 1 is 1.40 bits per heavy atom. The van der Waals surface area contributed by atoms with Crippen molar-refractivity contribution in [1.82, 2.24) is 0 Å². The lowest BCUT2D eigenvalue weighted by molar-refractivity contribution is -0.140. The first-order valence-corrected chi connectivity index (χ1v) is 7.70. The van der Waals surface area contributed by atoms with Gasteiger partial charge in [-0.25, -0.2) is 0 Å². The van der Waals surface area contributed by atoms with Crippen LogP contribution in [0.4, 0.5) is 5.69 Å². The smallest absolute Gasteiger partial charge is 0.305 e. The first-order chi connectivity index (χ1) is 9.58. The molecule has 1 aliphatic heterocycles. The maximum atomic E-state index is 11.3. The quantitative estimate of drug-likeness (QED) is 0.856. The number of nitrogens with two attached hydrogens (primary N) is 1. The van der Waals surface area contributed by atoms with Gasteiger partial charge in [0, 0.05) is 35.7 Å². The van der Waals surface area contributed by atoms with E-state index in [-0.39, 0.29) is 12.0 Å². The van der Waals surface area contributed by atoms with Gasteiger partial charge >= 0.3 is 5.97 Å². The molecule has 0 amide bonds. The molecule has 1 saturated heterocycles. The van der Waals surface area contributed by atoms with Crippen molar-refractivity contribution < 1.29 is 9.53 Å². The van der Waals surface area contributed by atoms with Gasteiger partial charge in [0.1, 0.15) is 0 Å². The molecule has 0 radical (unpaired) electrons. The Labute approximate surface area is 128 Å². The number of ether oxygens (including phenoxy) is 1. The van der Waals surface area contributed by atoms with Gasteiger partial charge in [0.05, 0.1) is 7.11 Å². The largest absolute Gasteiger partial charge is 0.469 e. The molecular weight excluding hydrogens is 320 g/mol. The summed E-state index contributed by atoms with van der Waals surface area (Å²) < 4.78 is 5.78. The summed E-state index contributed by atoms with van der Waals surface area (Å²) in [4.78, 5) is 13.6. The molecule has 1 aromatic carbocycles. The number of hydrogen-bond donors (Lipinski definition) is 1. The molecule has 2 atom stereocenters. The average molecular weight is 341 g/mol. The monoisotopic (exact) mass is 340 g/mol. The highest BCUT2D eigenvalue weighted by Crippen LogP contribution is 2.26. The van der Waals surface area contributed by atoms with Crippen molar-refractivity contribution in [2.45, 2.75) is 25.3 Å². The van der Waals surface area contributed by atoms with E-state index in [1.165, 1.54) is 12.8 Å². The van der Waals surface area contributed by atoms with E-state index in [1.807, 2.05) is 12.1 Å². The van der Waals surface area contributed by atoms with Crippen molar-refractivity contribution in [3.8, 4) is 0 Å². The van der Waals surface area contributed by atoms with Gasteiger partial charge in [0.2, 0.25) is 0 Å². The van der Waals surface area contributed by atoms with E-state index in [1.54, 1.807) is 0 Å². The number of piperidine rings is 1. The normalized spacial score (nSPS) is 22.6. The topological polar surface area (TPSA) is 55.6 Å². The van der Waals surface area contributed by atoms with Crippen LogP contribution in [0.1, 0.15) is 19.3 Å². The fourth-order valence-electron chi connectivity index (χ4n) is 2.74. The average Bonchev–Trinajstić information content (AvgIpc) is 2.45. The molecule has 1 fully saturated rings. The third-order valence-electron chi connectivity index (χ3n) is 3.75. The Balaban J connectivity index is 1.97. The highest BCUT2D eigenvalue weighted by atomic mass is 79.9. The molecule has 0 saturated carbocycles. The predicted molar refractivity (Wildman–Crippen MR) is 83.7 cm³/mol. The van der Waals surface area contributed by atoms with Crippen LogP contribution in [-0.2, 0) is 9.53 Å². The molecule has 0 aromatic heterocycles. The zero-order chi connectivity index (χ0) is 14.5. The first-order valence-electron chi connectivity index (χ1n) is 6.91. The Morgan fingerprint density at radius 3 is 2.75 bits per heavy atom. The SMILES string of the molecule is COC(=O)CCC1CC(N)CN(c2ccc(Br)cc2)C1. The third kappa shape index (κ3) is 4.21. The number of carbonyl (C=O) groups is 1. The van der Waals surface area contributed by atoms with Crippen LogP contribution >= 0.6 is 15.9 Å². The summed E-state index contributed by atoms with van der Waals surface area (Å²) in [5.41, 5.74) is 7.34. The maximum Gasteiger partial charge on any atom is 0.305 e. The van der Waals surface area contributed by atoms with Gasteiger partial charge in [0.25, 0.3) is 0 Å². The van der Waals surface area contributed by atoms with Crippen LogP contribution in [0.5, 0.6) is 0 Å². The molecule has 0 spiro atoms. The van der Waals surface area contributed by atoms with Crippen LogP contribution in [-0.4, -0.2) is 32.2 Å². The molecular formula is C15H21BrN2O2. The van der Waals surface area contributed by atoms with Crippen LogP contribution in [0.15, 0.2) is 28.7 Å². The van der Waals surface area contributed by atoms with Crippen molar-refractivity contribution in [3.05, 3.63) is 28.7 Å².